The molecule has 3 aromatic rings. The van der Waals surface area contributed by atoms with Crippen molar-refractivity contribution in [3.05, 3.63) is 101 Å². The van der Waals surface area contributed by atoms with E-state index in [0.717, 1.165) is 37.4 Å². The maximum atomic E-state index is 4.51. The monoisotopic (exact) mass is 371 g/mol. The molecule has 0 fully saturated rings. The van der Waals surface area contributed by atoms with Gasteiger partial charge in [-0.3, -0.25) is 9.88 Å². The third-order valence-electron chi connectivity index (χ3n) is 4.94. The zero-order chi connectivity index (χ0) is 19.8. The fourth-order valence-electron chi connectivity index (χ4n) is 3.38. The summed E-state index contributed by atoms with van der Waals surface area (Å²) in [5.74, 6) is 0. The molecular formula is C25H29N3. The van der Waals surface area contributed by atoms with E-state index in [2.05, 4.69) is 84.2 Å². The first-order chi connectivity index (χ1) is 13.7. The van der Waals surface area contributed by atoms with Gasteiger partial charge in [-0.05, 0) is 48.2 Å². The second-order valence-electron chi connectivity index (χ2n) is 7.17. The third-order valence-corrected chi connectivity index (χ3v) is 4.94. The summed E-state index contributed by atoms with van der Waals surface area (Å²) in [5, 5.41) is 3.63. The number of para-hydroxylation sites is 1. The minimum atomic E-state index is 0.832. The van der Waals surface area contributed by atoms with Gasteiger partial charge in [-0.15, -0.1) is 0 Å². The normalized spacial score (nSPS) is 10.8. The van der Waals surface area contributed by atoms with Crippen LogP contribution in [0.1, 0.15) is 27.9 Å². The first-order valence-corrected chi connectivity index (χ1v) is 9.79. The Labute approximate surface area is 168 Å². The van der Waals surface area contributed by atoms with Crippen LogP contribution < -0.4 is 5.32 Å². The first kappa shape index (κ1) is 19.8. The molecule has 3 heteroatoms. The smallest absolute Gasteiger partial charge is 0.0544 e. The van der Waals surface area contributed by atoms with Gasteiger partial charge in [0.25, 0.3) is 0 Å². The summed E-state index contributed by atoms with van der Waals surface area (Å²) in [6.07, 6.45) is 3.74. The van der Waals surface area contributed by atoms with Crippen molar-refractivity contribution in [2.24, 2.45) is 0 Å². The lowest BCUT2D eigenvalue weighted by Gasteiger charge is -2.23. The molecule has 0 saturated heterocycles. The lowest BCUT2D eigenvalue weighted by atomic mass is 10.1. The highest BCUT2D eigenvalue weighted by Gasteiger charge is 2.09. The van der Waals surface area contributed by atoms with E-state index in [4.69, 9.17) is 0 Å². The topological polar surface area (TPSA) is 28.2 Å². The molecule has 0 aliphatic carbocycles. The summed E-state index contributed by atoms with van der Waals surface area (Å²) >= 11 is 0. The predicted octanol–water partition coefficient (Wildman–Crippen LogP) is 5.46. The summed E-state index contributed by atoms with van der Waals surface area (Å²) in [7, 11) is 0. The van der Waals surface area contributed by atoms with Crippen molar-refractivity contribution in [1.82, 2.24) is 9.88 Å². The Balaban J connectivity index is 1.67. The van der Waals surface area contributed by atoms with Crippen molar-refractivity contribution < 1.29 is 0 Å². The number of benzene rings is 2. The fraction of sp³-hybridized carbons (Fsp3) is 0.240. The Morgan fingerprint density at radius 2 is 1.68 bits per heavy atom. The highest BCUT2D eigenvalue weighted by atomic mass is 15.1. The molecule has 3 nitrogen and oxygen atoms in total. The van der Waals surface area contributed by atoms with E-state index in [-0.39, 0.29) is 0 Å². The van der Waals surface area contributed by atoms with Gasteiger partial charge in [-0.1, -0.05) is 61.2 Å². The van der Waals surface area contributed by atoms with Gasteiger partial charge in [0.2, 0.25) is 0 Å². The molecule has 1 aromatic heterocycles. The van der Waals surface area contributed by atoms with Crippen molar-refractivity contribution in [3.63, 3.8) is 0 Å². The number of hydrogen-bond donors (Lipinski definition) is 1. The van der Waals surface area contributed by atoms with E-state index in [0.29, 0.717) is 0 Å². The lowest BCUT2D eigenvalue weighted by Crippen LogP contribution is -2.29. The molecule has 2 aromatic carbocycles. The first-order valence-electron chi connectivity index (χ1n) is 9.79. The van der Waals surface area contributed by atoms with Crippen LogP contribution in [0.5, 0.6) is 0 Å². The molecule has 144 valence electrons. The zero-order valence-electron chi connectivity index (χ0n) is 16.9. The number of aryl methyl sites for hydroxylation is 2. The average Bonchev–Trinajstić information content (AvgIpc) is 2.71. The highest BCUT2D eigenvalue weighted by Crippen LogP contribution is 2.19. The van der Waals surface area contributed by atoms with Crippen LogP contribution in [-0.4, -0.2) is 23.0 Å². The number of aromatic nitrogens is 1. The van der Waals surface area contributed by atoms with Crippen LogP contribution in [0.3, 0.4) is 0 Å². The summed E-state index contributed by atoms with van der Waals surface area (Å²) in [6.45, 7) is 11.7. The summed E-state index contributed by atoms with van der Waals surface area (Å²) in [4.78, 5) is 6.94. The molecular weight excluding hydrogens is 342 g/mol. The van der Waals surface area contributed by atoms with Crippen LogP contribution in [0.25, 0.3) is 6.08 Å². The molecule has 1 N–H and O–H groups in total. The second-order valence-corrected chi connectivity index (χ2v) is 7.17. The molecule has 1 heterocycles. The van der Waals surface area contributed by atoms with E-state index < -0.39 is 0 Å². The number of hydrogen-bond acceptors (Lipinski definition) is 3. The van der Waals surface area contributed by atoms with Crippen LogP contribution in [0.2, 0.25) is 0 Å². The number of nitrogens with zero attached hydrogens (tertiary/aromatic N) is 2. The van der Waals surface area contributed by atoms with Gasteiger partial charge < -0.3 is 5.32 Å². The highest BCUT2D eigenvalue weighted by molar-refractivity contribution is 5.56. The van der Waals surface area contributed by atoms with Gasteiger partial charge in [-0.2, -0.15) is 0 Å². The van der Waals surface area contributed by atoms with Crippen LogP contribution in [-0.2, 0) is 13.1 Å². The van der Waals surface area contributed by atoms with E-state index in [1.54, 1.807) is 0 Å². The molecule has 0 spiro atoms. The quantitative estimate of drug-likeness (QED) is 0.542. The Morgan fingerprint density at radius 3 is 2.32 bits per heavy atom. The SMILES string of the molecule is C=Cc1ccc(CN(CCNc2c(C)cccc2C)Cc2ccccn2)cc1. The minimum absolute atomic E-state index is 0.832. The lowest BCUT2D eigenvalue weighted by molar-refractivity contribution is 0.264. The maximum Gasteiger partial charge on any atom is 0.0544 e. The molecule has 0 atom stereocenters. The summed E-state index contributed by atoms with van der Waals surface area (Å²) in [5.41, 5.74) is 7.37. The molecule has 28 heavy (non-hydrogen) atoms. The zero-order valence-corrected chi connectivity index (χ0v) is 16.9. The van der Waals surface area contributed by atoms with Gasteiger partial charge in [0, 0.05) is 38.1 Å². The molecule has 0 radical (unpaired) electrons. The Kier molecular flexibility index (Phi) is 6.99. The van der Waals surface area contributed by atoms with E-state index in [1.165, 1.54) is 22.4 Å². The number of pyridine rings is 1. The standard InChI is InChI=1S/C25H29N3/c1-4-22-11-13-23(14-12-22)18-28(19-24-10-5-6-15-26-24)17-16-27-25-20(2)8-7-9-21(25)3/h4-15,27H,1,16-19H2,2-3H3. The van der Waals surface area contributed by atoms with Gasteiger partial charge in [0.1, 0.15) is 0 Å². The predicted molar refractivity (Wildman–Crippen MR) is 119 cm³/mol. The average molecular weight is 372 g/mol. The van der Waals surface area contributed by atoms with Crippen LogP contribution in [0.4, 0.5) is 5.69 Å². The number of nitrogens with one attached hydrogen (secondary N) is 1. The third kappa shape index (κ3) is 5.54. The molecule has 0 bridgehead atoms. The molecule has 3 rings (SSSR count). The molecule has 0 saturated carbocycles. The van der Waals surface area contributed by atoms with Crippen molar-refractivity contribution in [2.75, 3.05) is 18.4 Å². The maximum absolute atomic E-state index is 4.51. The minimum Gasteiger partial charge on any atom is -0.383 e. The largest absolute Gasteiger partial charge is 0.383 e. The molecule has 0 aliphatic rings. The van der Waals surface area contributed by atoms with Crippen LogP contribution in [0, 0.1) is 13.8 Å². The summed E-state index contributed by atoms with van der Waals surface area (Å²) in [6, 6.07) is 21.1. The van der Waals surface area contributed by atoms with Crippen molar-refractivity contribution in [3.8, 4) is 0 Å². The Morgan fingerprint density at radius 1 is 0.929 bits per heavy atom. The molecule has 0 aliphatic heterocycles. The summed E-state index contributed by atoms with van der Waals surface area (Å²) < 4.78 is 0. The van der Waals surface area contributed by atoms with Crippen LogP contribution >= 0.6 is 0 Å². The van der Waals surface area contributed by atoms with Gasteiger partial charge >= 0.3 is 0 Å². The second kappa shape index (κ2) is 9.86. The Hall–Kier alpha value is -2.91. The molecule has 0 amide bonds. The van der Waals surface area contributed by atoms with Gasteiger partial charge in [0.05, 0.1) is 5.69 Å². The molecule has 0 unspecified atom stereocenters. The Bertz CT molecular complexity index is 865. The fourth-order valence-corrected chi connectivity index (χ4v) is 3.38. The number of anilines is 1. The van der Waals surface area contributed by atoms with Gasteiger partial charge in [-0.25, -0.2) is 0 Å². The van der Waals surface area contributed by atoms with E-state index in [9.17, 15) is 0 Å². The van der Waals surface area contributed by atoms with Gasteiger partial charge in [0.15, 0.2) is 0 Å². The van der Waals surface area contributed by atoms with Crippen molar-refractivity contribution >= 4 is 11.8 Å². The van der Waals surface area contributed by atoms with E-state index >= 15 is 0 Å². The van der Waals surface area contributed by atoms with Crippen LogP contribution in [0.15, 0.2) is 73.4 Å². The van der Waals surface area contributed by atoms with E-state index in [1.807, 2.05) is 24.4 Å². The van der Waals surface area contributed by atoms with Crippen molar-refractivity contribution in [2.45, 2.75) is 26.9 Å². The number of rotatable bonds is 9. The van der Waals surface area contributed by atoms with Crippen molar-refractivity contribution in [1.29, 1.82) is 0 Å².